The zero-order valence-corrected chi connectivity index (χ0v) is 76.9. The van der Waals surface area contributed by atoms with Gasteiger partial charge in [-0.3, -0.25) is 0 Å². The van der Waals surface area contributed by atoms with Gasteiger partial charge < -0.3 is 75.9 Å². The highest BCUT2D eigenvalue weighted by molar-refractivity contribution is 4.82. The first-order chi connectivity index (χ1) is 50.0. The molecule has 0 bridgehead atoms. The van der Waals surface area contributed by atoms with Crippen molar-refractivity contribution in [2.75, 3.05) is 166 Å². The highest BCUT2D eigenvalue weighted by Crippen LogP contribution is 2.23. The van der Waals surface area contributed by atoms with Crippen LogP contribution in [-0.2, 0) is 14.2 Å². The highest BCUT2D eigenvalue weighted by Gasteiger charge is 2.24. The molecule has 0 spiro atoms. The standard InChI is InChI=1S/3C7H14O.10C6H13N.2C5H11N/c2*1-6-3-4-8-5-7(6)2;1-6-3-4-8-7(2)5-6;1-5-3-7-4-6(5)2;2*1-5-3-6(2)7-4-5;2*1-6-3-4-7(2)5-6;2*1-6-4-3-5-7(6)2;2*1-5-3-4-7-6(5)2;1-5-3-4-6(2)7-5;1-5-3-6(2)4-5;1-4-3-6-5(4)2/h3*6-7H,3-5H2,1-2H3;3*5-7H,3-4H2,1-2H3;4*6H,3-5H2,1-2H3;3*5-7H,3-4H2,1-2H3;5H,3-4H2,1-2H3;4-6H,3H2,1-2H3. The van der Waals surface area contributed by atoms with E-state index in [4.69, 9.17) is 14.2 Å². The second-order valence-electron chi connectivity index (χ2n) is 38.7. The average molecular weight is 1500 g/mol. The van der Waals surface area contributed by atoms with Crippen molar-refractivity contribution in [2.45, 2.75) is 336 Å². The Hall–Kier alpha value is -0.600. The fourth-order valence-corrected chi connectivity index (χ4v) is 15.7. The van der Waals surface area contributed by atoms with E-state index in [1.54, 1.807) is 0 Å². The molecule has 0 saturated carbocycles. The van der Waals surface area contributed by atoms with Crippen molar-refractivity contribution < 1.29 is 14.2 Å². The van der Waals surface area contributed by atoms with Gasteiger partial charge >= 0.3 is 0 Å². The number of hydrogen-bond acceptors (Lipinski definition) is 15. The smallest absolute Gasteiger partial charge is 0.0549 e. The Bertz CT molecular complexity index is 1640. The molecule has 24 unspecified atom stereocenters. The van der Waals surface area contributed by atoms with E-state index in [1.807, 2.05) is 0 Å². The monoisotopic (exact) mass is 1500 g/mol. The molecule has 7 N–H and O–H groups in total. The molecule has 24 atom stereocenters. The van der Waals surface area contributed by atoms with Gasteiger partial charge in [0, 0.05) is 114 Å². The fraction of sp³-hybridized carbons (Fsp3) is 1.00. The van der Waals surface area contributed by atoms with Gasteiger partial charge in [-0.1, -0.05) is 104 Å². The molecule has 15 heterocycles. The molecule has 15 rings (SSSR count). The molecular formula is C91H194N12O3. The van der Waals surface area contributed by atoms with Crippen LogP contribution >= 0.6 is 0 Å². The van der Waals surface area contributed by atoms with Crippen LogP contribution in [0.4, 0.5) is 0 Å². The molecule has 106 heavy (non-hydrogen) atoms. The van der Waals surface area contributed by atoms with Crippen LogP contribution in [-0.4, -0.2) is 251 Å². The van der Waals surface area contributed by atoms with Gasteiger partial charge in [0.15, 0.2) is 0 Å². The second-order valence-corrected chi connectivity index (χ2v) is 38.7. The minimum atomic E-state index is 0.513. The lowest BCUT2D eigenvalue weighted by atomic mass is 9.92. The van der Waals surface area contributed by atoms with Gasteiger partial charge in [-0.25, -0.2) is 0 Å². The quantitative estimate of drug-likeness (QED) is 0.124. The molecule has 15 aliphatic rings. The third-order valence-corrected chi connectivity index (χ3v) is 26.3. The molecule has 0 aromatic carbocycles. The Morgan fingerprint density at radius 1 is 0.283 bits per heavy atom. The topological polar surface area (TPSA) is 128 Å². The lowest BCUT2D eigenvalue weighted by molar-refractivity contribution is 0.00681. The molecule has 0 radical (unpaired) electrons. The molecule has 636 valence electrons. The zero-order chi connectivity index (χ0) is 79.8. The summed E-state index contributed by atoms with van der Waals surface area (Å²) in [4.78, 5) is 11.9. The third kappa shape index (κ3) is 52.7. The van der Waals surface area contributed by atoms with Crippen LogP contribution in [0, 0.1) is 88.8 Å². The molecule has 15 nitrogen and oxygen atoms in total. The summed E-state index contributed by atoms with van der Waals surface area (Å²) in [7, 11) is 10.9. The molecule has 15 aliphatic heterocycles. The number of likely N-dealkylation sites (tertiary alicyclic amines) is 5. The van der Waals surface area contributed by atoms with Crippen molar-refractivity contribution in [2.24, 2.45) is 88.8 Å². The lowest BCUT2D eigenvalue weighted by Gasteiger charge is -2.33. The Morgan fingerprint density at radius 2 is 0.689 bits per heavy atom. The molecular weight excluding hydrogens is 1310 g/mol. The Kier molecular flexibility index (Phi) is 59.4. The van der Waals surface area contributed by atoms with Gasteiger partial charge in [0.2, 0.25) is 0 Å². The summed E-state index contributed by atoms with van der Waals surface area (Å²) in [5.41, 5.74) is 0. The molecule has 0 aromatic heterocycles. The first-order valence-corrected chi connectivity index (χ1v) is 45.3. The first-order valence-electron chi connectivity index (χ1n) is 45.3. The average Bonchev–Trinajstić information content (AvgIpc) is 1.68. The summed E-state index contributed by atoms with van der Waals surface area (Å²) in [5.74, 6) is 13.4. The van der Waals surface area contributed by atoms with Crippen LogP contribution < -0.4 is 37.2 Å². The van der Waals surface area contributed by atoms with E-state index in [0.717, 1.165) is 176 Å². The van der Waals surface area contributed by atoms with E-state index >= 15 is 0 Å². The van der Waals surface area contributed by atoms with E-state index in [0.29, 0.717) is 6.10 Å². The number of nitrogens with one attached hydrogen (secondary N) is 7. The molecule has 0 aliphatic carbocycles. The van der Waals surface area contributed by atoms with Crippen LogP contribution in [0.3, 0.4) is 0 Å². The maximum atomic E-state index is 5.35. The van der Waals surface area contributed by atoms with Crippen molar-refractivity contribution in [1.82, 2.24) is 61.7 Å². The Balaban J connectivity index is 0.000000568. The van der Waals surface area contributed by atoms with E-state index in [1.165, 1.54) is 201 Å². The largest absolute Gasteiger partial charge is 0.381 e. The van der Waals surface area contributed by atoms with Crippen molar-refractivity contribution >= 4 is 0 Å². The third-order valence-electron chi connectivity index (χ3n) is 26.3. The predicted molar refractivity (Wildman–Crippen MR) is 467 cm³/mol. The minimum absolute atomic E-state index is 0.513. The van der Waals surface area contributed by atoms with Gasteiger partial charge in [0.05, 0.1) is 6.10 Å². The van der Waals surface area contributed by atoms with Crippen LogP contribution in [0.25, 0.3) is 0 Å². The zero-order valence-electron chi connectivity index (χ0n) is 76.9. The predicted octanol–water partition coefficient (Wildman–Crippen LogP) is 16.5. The van der Waals surface area contributed by atoms with Crippen LogP contribution in [0.1, 0.15) is 276 Å². The van der Waals surface area contributed by atoms with Gasteiger partial charge in [0.1, 0.15) is 0 Å². The molecule has 15 fully saturated rings. The lowest BCUT2D eigenvalue weighted by Crippen LogP contribution is -2.49. The van der Waals surface area contributed by atoms with Crippen LogP contribution in [0.2, 0.25) is 0 Å². The summed E-state index contributed by atoms with van der Waals surface area (Å²) in [6.07, 6.45) is 22.1. The van der Waals surface area contributed by atoms with E-state index in [-0.39, 0.29) is 0 Å². The maximum Gasteiger partial charge on any atom is 0.0549 e. The van der Waals surface area contributed by atoms with Gasteiger partial charge in [-0.15, -0.1) is 0 Å². The summed E-state index contributed by atoms with van der Waals surface area (Å²) in [6, 6.07) is 7.10. The number of nitrogens with zero attached hydrogens (tertiary/aromatic N) is 5. The van der Waals surface area contributed by atoms with Crippen LogP contribution in [0.5, 0.6) is 0 Å². The normalized spacial score (nSPS) is 38.8. The van der Waals surface area contributed by atoms with Crippen LogP contribution in [0.15, 0.2) is 0 Å². The second kappa shape index (κ2) is 60.9. The highest BCUT2D eigenvalue weighted by atomic mass is 16.5. The number of hydrogen-bond donors (Lipinski definition) is 7. The Morgan fingerprint density at radius 3 is 0.802 bits per heavy atom. The summed E-state index contributed by atoms with van der Waals surface area (Å²) >= 11 is 0. The van der Waals surface area contributed by atoms with Gasteiger partial charge in [-0.2, -0.15) is 0 Å². The summed E-state index contributed by atoms with van der Waals surface area (Å²) in [6.45, 7) is 80.6. The van der Waals surface area contributed by atoms with Gasteiger partial charge in [0.25, 0.3) is 0 Å². The SMILES string of the molecule is CC1CCC(C)N1.CC1CCCN1C.CC1CCCN1C.CC1CCN(C)C1.CC1CCN(C)C1.CC1CCNC1C.CC1CCNC1C.CC1CCOC(C)C1.CC1CCOCC1C.CC1CCOCC1C.CC1CN(C)C1.CC1CNC(C)C1.CC1CNC(C)C1.CC1CNC1C.CC1CNCC1C. The summed E-state index contributed by atoms with van der Waals surface area (Å²) < 4.78 is 15.9. The fourth-order valence-electron chi connectivity index (χ4n) is 15.7. The van der Waals surface area contributed by atoms with Crippen molar-refractivity contribution in [3.63, 3.8) is 0 Å². The molecule has 0 amide bonds. The molecule has 0 aromatic rings. The number of ether oxygens (including phenoxy) is 3. The van der Waals surface area contributed by atoms with Crippen molar-refractivity contribution in [3.8, 4) is 0 Å². The molecule has 15 heteroatoms. The number of rotatable bonds is 0. The van der Waals surface area contributed by atoms with Crippen molar-refractivity contribution in [1.29, 1.82) is 0 Å². The maximum absolute atomic E-state index is 5.35. The Labute approximate surface area is 664 Å². The van der Waals surface area contributed by atoms with Gasteiger partial charge in [-0.05, 0) is 368 Å². The summed E-state index contributed by atoms with van der Waals surface area (Å²) in [5, 5.41) is 23.5. The van der Waals surface area contributed by atoms with E-state index < -0.39 is 0 Å². The van der Waals surface area contributed by atoms with E-state index in [9.17, 15) is 0 Å². The first kappa shape index (κ1) is 103. The minimum Gasteiger partial charge on any atom is -0.381 e. The van der Waals surface area contributed by atoms with Crippen molar-refractivity contribution in [3.05, 3.63) is 0 Å². The van der Waals surface area contributed by atoms with E-state index in [2.05, 4.69) is 270 Å². The molecule has 15 saturated heterocycles.